The molecule has 1 fully saturated rings. The molecule has 0 radical (unpaired) electrons. The summed E-state index contributed by atoms with van der Waals surface area (Å²) in [5.41, 5.74) is 0. The number of hydrogen-bond acceptors (Lipinski definition) is 5. The highest BCUT2D eigenvalue weighted by Crippen LogP contribution is 2.31. The van der Waals surface area contributed by atoms with Crippen LogP contribution in [0.2, 0.25) is 0 Å². The molecule has 0 spiro atoms. The largest absolute Gasteiger partial charge is 0.377 e. The second-order valence-corrected chi connectivity index (χ2v) is 4.64. The Bertz CT molecular complexity index is 393. The van der Waals surface area contributed by atoms with Gasteiger partial charge in [0.2, 0.25) is 0 Å². The van der Waals surface area contributed by atoms with Crippen molar-refractivity contribution in [3.05, 3.63) is 11.9 Å². The highest BCUT2D eigenvalue weighted by Gasteiger charge is 2.29. The Labute approximate surface area is 109 Å². The van der Waals surface area contributed by atoms with Gasteiger partial charge in [0.25, 0.3) is 0 Å². The van der Waals surface area contributed by atoms with Crippen LogP contribution in [0.25, 0.3) is 0 Å². The van der Waals surface area contributed by atoms with E-state index in [-0.39, 0.29) is 0 Å². The van der Waals surface area contributed by atoms with Gasteiger partial charge < -0.3 is 15.0 Å². The summed E-state index contributed by atoms with van der Waals surface area (Å²) >= 11 is 0. The number of nitrogens with zero attached hydrogens (tertiary/aromatic N) is 3. The van der Waals surface area contributed by atoms with Crippen LogP contribution >= 0.6 is 0 Å². The van der Waals surface area contributed by atoms with Gasteiger partial charge in [-0.05, 0) is 19.3 Å². The van der Waals surface area contributed by atoms with Crippen molar-refractivity contribution in [1.29, 1.82) is 0 Å². The van der Waals surface area contributed by atoms with Crippen molar-refractivity contribution in [2.45, 2.75) is 38.8 Å². The Morgan fingerprint density at radius 2 is 2.22 bits per heavy atom. The van der Waals surface area contributed by atoms with Crippen LogP contribution in [0.4, 0.5) is 11.6 Å². The molecule has 1 saturated carbocycles. The van der Waals surface area contributed by atoms with E-state index in [2.05, 4.69) is 27.1 Å². The van der Waals surface area contributed by atoms with E-state index in [4.69, 9.17) is 4.74 Å². The molecule has 1 heterocycles. The fourth-order valence-electron chi connectivity index (χ4n) is 2.06. The lowest BCUT2D eigenvalue weighted by Gasteiger charge is -2.23. The first-order chi connectivity index (χ1) is 8.78. The second kappa shape index (κ2) is 6.00. The molecule has 1 aliphatic rings. The highest BCUT2D eigenvalue weighted by atomic mass is 16.5. The minimum Gasteiger partial charge on any atom is -0.377 e. The number of hydrogen-bond donors (Lipinski definition) is 1. The van der Waals surface area contributed by atoms with Crippen LogP contribution in [0.5, 0.6) is 0 Å². The van der Waals surface area contributed by atoms with Crippen molar-refractivity contribution in [2.75, 3.05) is 30.9 Å². The van der Waals surface area contributed by atoms with E-state index in [0.717, 1.165) is 30.4 Å². The Morgan fingerprint density at radius 3 is 2.78 bits per heavy atom. The highest BCUT2D eigenvalue weighted by molar-refractivity contribution is 5.50. The van der Waals surface area contributed by atoms with E-state index in [0.29, 0.717) is 12.6 Å². The van der Waals surface area contributed by atoms with Gasteiger partial charge in [-0.25, -0.2) is 9.97 Å². The predicted octanol–water partition coefficient (Wildman–Crippen LogP) is 2.04. The maximum absolute atomic E-state index is 5.13. The Hall–Kier alpha value is -1.36. The summed E-state index contributed by atoms with van der Waals surface area (Å²) in [6.45, 7) is 3.70. The Morgan fingerprint density at radius 1 is 1.44 bits per heavy atom. The molecule has 1 N–H and O–H groups in total. The summed E-state index contributed by atoms with van der Waals surface area (Å²) < 4.78 is 5.13. The zero-order valence-corrected chi connectivity index (χ0v) is 11.4. The van der Waals surface area contributed by atoms with Gasteiger partial charge >= 0.3 is 0 Å². The zero-order chi connectivity index (χ0) is 13.0. The van der Waals surface area contributed by atoms with E-state index < -0.39 is 0 Å². The Kier molecular flexibility index (Phi) is 4.36. The molecule has 18 heavy (non-hydrogen) atoms. The summed E-state index contributed by atoms with van der Waals surface area (Å²) in [6.07, 6.45) is 3.69. The van der Waals surface area contributed by atoms with Gasteiger partial charge in [0.1, 0.15) is 18.2 Å². The summed E-state index contributed by atoms with van der Waals surface area (Å²) in [6, 6.07) is 2.69. The molecule has 0 unspecified atom stereocenters. The van der Waals surface area contributed by atoms with Crippen LogP contribution in [0.1, 0.15) is 32.0 Å². The van der Waals surface area contributed by atoms with Crippen LogP contribution in [0, 0.1) is 0 Å². The standard InChI is InChI=1S/C13H22N4O/c1-4-7-17(10-5-6-10)13-8-11(14-2)15-12(16-13)9-18-3/h8,10H,4-7,9H2,1-3H3,(H,14,15,16). The number of rotatable bonds is 7. The summed E-state index contributed by atoms with van der Waals surface area (Å²) in [5, 5.41) is 3.09. The van der Waals surface area contributed by atoms with Crippen LogP contribution in [-0.2, 0) is 11.3 Å². The maximum atomic E-state index is 5.13. The van der Waals surface area contributed by atoms with E-state index in [9.17, 15) is 0 Å². The van der Waals surface area contributed by atoms with E-state index >= 15 is 0 Å². The van der Waals surface area contributed by atoms with E-state index in [1.54, 1.807) is 7.11 Å². The third-order valence-electron chi connectivity index (χ3n) is 3.03. The number of ether oxygens (including phenoxy) is 1. The van der Waals surface area contributed by atoms with Gasteiger partial charge in [-0.2, -0.15) is 0 Å². The molecular formula is C13H22N4O. The minimum atomic E-state index is 0.452. The first-order valence-electron chi connectivity index (χ1n) is 6.59. The fraction of sp³-hybridized carbons (Fsp3) is 0.692. The van der Waals surface area contributed by atoms with Gasteiger partial charge in [0.05, 0.1) is 0 Å². The third-order valence-corrected chi connectivity index (χ3v) is 3.03. The molecule has 100 valence electrons. The smallest absolute Gasteiger partial charge is 0.158 e. The van der Waals surface area contributed by atoms with Gasteiger partial charge in [-0.3, -0.25) is 0 Å². The van der Waals surface area contributed by atoms with Crippen LogP contribution in [0.15, 0.2) is 6.07 Å². The number of aromatic nitrogens is 2. The lowest BCUT2D eigenvalue weighted by molar-refractivity contribution is 0.178. The quantitative estimate of drug-likeness (QED) is 0.802. The molecule has 0 aliphatic heterocycles. The summed E-state index contributed by atoms with van der Waals surface area (Å²) in [7, 11) is 3.55. The van der Waals surface area contributed by atoms with Crippen molar-refractivity contribution < 1.29 is 4.74 Å². The van der Waals surface area contributed by atoms with Gasteiger partial charge in [-0.1, -0.05) is 6.92 Å². The molecule has 5 nitrogen and oxygen atoms in total. The molecule has 1 aromatic rings. The first kappa shape index (κ1) is 13.1. The third kappa shape index (κ3) is 3.10. The summed E-state index contributed by atoms with van der Waals surface area (Å²) in [5.74, 6) is 2.61. The zero-order valence-electron chi connectivity index (χ0n) is 11.4. The molecule has 1 aliphatic carbocycles. The van der Waals surface area contributed by atoms with Crippen molar-refractivity contribution in [3.8, 4) is 0 Å². The lowest BCUT2D eigenvalue weighted by Crippen LogP contribution is -2.28. The monoisotopic (exact) mass is 250 g/mol. The van der Waals surface area contributed by atoms with Crippen molar-refractivity contribution in [3.63, 3.8) is 0 Å². The minimum absolute atomic E-state index is 0.452. The van der Waals surface area contributed by atoms with Crippen molar-refractivity contribution in [2.24, 2.45) is 0 Å². The van der Waals surface area contributed by atoms with E-state index in [1.807, 2.05) is 13.1 Å². The lowest BCUT2D eigenvalue weighted by atomic mass is 10.3. The average molecular weight is 250 g/mol. The molecule has 0 aromatic carbocycles. The van der Waals surface area contributed by atoms with Crippen molar-refractivity contribution in [1.82, 2.24) is 9.97 Å². The number of nitrogens with one attached hydrogen (secondary N) is 1. The topological polar surface area (TPSA) is 50.3 Å². The van der Waals surface area contributed by atoms with E-state index in [1.165, 1.54) is 12.8 Å². The van der Waals surface area contributed by atoms with Crippen LogP contribution in [0.3, 0.4) is 0 Å². The molecule has 0 saturated heterocycles. The van der Waals surface area contributed by atoms with Gasteiger partial charge in [-0.15, -0.1) is 0 Å². The van der Waals surface area contributed by atoms with Crippen molar-refractivity contribution >= 4 is 11.6 Å². The SMILES string of the molecule is CCCN(c1cc(NC)nc(COC)n1)C1CC1. The predicted molar refractivity (Wildman–Crippen MR) is 73.0 cm³/mol. The molecular weight excluding hydrogens is 228 g/mol. The molecule has 0 atom stereocenters. The molecule has 0 amide bonds. The number of anilines is 2. The number of methoxy groups -OCH3 is 1. The van der Waals surface area contributed by atoms with Crippen LogP contribution < -0.4 is 10.2 Å². The fourth-order valence-corrected chi connectivity index (χ4v) is 2.06. The van der Waals surface area contributed by atoms with Crippen LogP contribution in [-0.4, -0.2) is 36.7 Å². The van der Waals surface area contributed by atoms with Gasteiger partial charge in [0, 0.05) is 32.8 Å². The van der Waals surface area contributed by atoms with Gasteiger partial charge in [0.15, 0.2) is 5.82 Å². The first-order valence-corrected chi connectivity index (χ1v) is 6.59. The molecule has 0 bridgehead atoms. The normalized spacial score (nSPS) is 14.6. The second-order valence-electron chi connectivity index (χ2n) is 4.64. The average Bonchev–Trinajstić information content (AvgIpc) is 3.20. The molecule has 2 rings (SSSR count). The molecule has 5 heteroatoms. The molecule has 1 aromatic heterocycles. The Balaban J connectivity index is 2.25. The summed E-state index contributed by atoms with van der Waals surface area (Å²) in [4.78, 5) is 11.4. The maximum Gasteiger partial charge on any atom is 0.158 e.